The maximum absolute atomic E-state index is 5.88. The molecule has 2 aromatic carbocycles. The van der Waals surface area contributed by atoms with Crippen LogP contribution in [0.3, 0.4) is 0 Å². The molecule has 23 heavy (non-hydrogen) atoms. The zero-order valence-corrected chi connectivity index (χ0v) is 15.4. The Hall–Kier alpha value is -1.36. The average molecular weight is 379 g/mol. The van der Waals surface area contributed by atoms with Crippen LogP contribution in [-0.4, -0.2) is 26.1 Å². The maximum atomic E-state index is 5.88. The van der Waals surface area contributed by atoms with E-state index in [2.05, 4.69) is 41.1 Å². The van der Waals surface area contributed by atoms with Crippen LogP contribution < -0.4 is 4.74 Å². The van der Waals surface area contributed by atoms with Crippen molar-refractivity contribution in [1.29, 1.82) is 0 Å². The molecule has 0 fully saturated rings. The molecule has 2 rings (SSSR count). The van der Waals surface area contributed by atoms with Crippen molar-refractivity contribution in [2.24, 2.45) is 0 Å². The lowest BCUT2D eigenvalue weighted by atomic mass is 10.0. The summed E-state index contributed by atoms with van der Waals surface area (Å²) < 4.78 is 17.9. The molecule has 0 aliphatic rings. The van der Waals surface area contributed by atoms with E-state index >= 15 is 0 Å². The van der Waals surface area contributed by atoms with Crippen LogP contribution in [0.5, 0.6) is 5.75 Å². The standard InChI is InChI=1S/C19H23BrO3/c1-4-21-18(22-5-2)13-23-17-12-11-16(14(3)19(17)20)15-9-7-6-8-10-15/h6-12,18H,4-5,13H2,1-3H3. The number of halogens is 1. The summed E-state index contributed by atoms with van der Waals surface area (Å²) in [7, 11) is 0. The highest BCUT2D eigenvalue weighted by molar-refractivity contribution is 9.10. The van der Waals surface area contributed by atoms with Crippen molar-refractivity contribution in [2.45, 2.75) is 27.1 Å². The van der Waals surface area contributed by atoms with Crippen molar-refractivity contribution in [2.75, 3.05) is 19.8 Å². The van der Waals surface area contributed by atoms with Crippen LogP contribution in [-0.2, 0) is 9.47 Å². The predicted molar refractivity (Wildman–Crippen MR) is 96.9 cm³/mol. The van der Waals surface area contributed by atoms with Crippen LogP contribution in [0.2, 0.25) is 0 Å². The minimum Gasteiger partial charge on any atom is -0.487 e. The Morgan fingerprint density at radius 1 is 0.957 bits per heavy atom. The van der Waals surface area contributed by atoms with Crippen LogP contribution >= 0.6 is 15.9 Å². The first-order chi connectivity index (χ1) is 11.2. The molecule has 0 aromatic heterocycles. The van der Waals surface area contributed by atoms with Crippen LogP contribution in [0.15, 0.2) is 46.9 Å². The van der Waals surface area contributed by atoms with Gasteiger partial charge in [0.1, 0.15) is 12.4 Å². The quantitative estimate of drug-likeness (QED) is 0.590. The molecule has 0 aliphatic carbocycles. The van der Waals surface area contributed by atoms with Gasteiger partial charge in [0.2, 0.25) is 0 Å². The molecule has 0 unspecified atom stereocenters. The summed E-state index contributed by atoms with van der Waals surface area (Å²) in [5.74, 6) is 0.798. The summed E-state index contributed by atoms with van der Waals surface area (Å²) >= 11 is 3.65. The molecule has 0 amide bonds. The molecular weight excluding hydrogens is 356 g/mol. The zero-order chi connectivity index (χ0) is 16.7. The number of ether oxygens (including phenoxy) is 3. The van der Waals surface area contributed by atoms with E-state index in [4.69, 9.17) is 14.2 Å². The van der Waals surface area contributed by atoms with Gasteiger partial charge >= 0.3 is 0 Å². The van der Waals surface area contributed by atoms with Gasteiger partial charge in [-0.25, -0.2) is 0 Å². The third-order valence-corrected chi connectivity index (χ3v) is 4.50. The Labute approximate surface area is 146 Å². The molecule has 4 heteroatoms. The van der Waals surface area contributed by atoms with Gasteiger partial charge in [0, 0.05) is 13.2 Å². The summed E-state index contributed by atoms with van der Waals surface area (Å²) in [6, 6.07) is 14.4. The van der Waals surface area contributed by atoms with E-state index in [1.807, 2.05) is 38.1 Å². The summed E-state index contributed by atoms with van der Waals surface area (Å²) in [4.78, 5) is 0. The molecular formula is C19H23BrO3. The monoisotopic (exact) mass is 378 g/mol. The lowest BCUT2D eigenvalue weighted by molar-refractivity contribution is -0.152. The third kappa shape index (κ3) is 4.80. The summed E-state index contributed by atoms with van der Waals surface area (Å²) in [5.41, 5.74) is 3.54. The molecule has 0 N–H and O–H groups in total. The summed E-state index contributed by atoms with van der Waals surface area (Å²) in [5, 5.41) is 0. The number of hydrogen-bond acceptors (Lipinski definition) is 3. The smallest absolute Gasteiger partial charge is 0.191 e. The Bertz CT molecular complexity index is 608. The first-order valence-corrected chi connectivity index (χ1v) is 8.67. The lowest BCUT2D eigenvalue weighted by Gasteiger charge is -2.19. The van der Waals surface area contributed by atoms with Crippen molar-refractivity contribution in [3.63, 3.8) is 0 Å². The van der Waals surface area contributed by atoms with Gasteiger partial charge in [-0.1, -0.05) is 36.4 Å². The Morgan fingerprint density at radius 2 is 1.61 bits per heavy atom. The van der Waals surface area contributed by atoms with Crippen LogP contribution in [0.1, 0.15) is 19.4 Å². The topological polar surface area (TPSA) is 27.7 Å². The van der Waals surface area contributed by atoms with Gasteiger partial charge in [0.05, 0.1) is 4.47 Å². The van der Waals surface area contributed by atoms with E-state index in [9.17, 15) is 0 Å². The molecule has 0 spiro atoms. The second-order valence-corrected chi connectivity index (χ2v) is 5.86. The van der Waals surface area contributed by atoms with E-state index in [0.29, 0.717) is 19.8 Å². The fraction of sp³-hybridized carbons (Fsp3) is 0.368. The van der Waals surface area contributed by atoms with E-state index in [-0.39, 0.29) is 6.29 Å². The fourth-order valence-corrected chi connectivity index (χ4v) is 2.84. The van der Waals surface area contributed by atoms with Gasteiger partial charge in [-0.15, -0.1) is 0 Å². The molecule has 0 saturated carbocycles. The van der Waals surface area contributed by atoms with Crippen molar-refractivity contribution >= 4 is 15.9 Å². The van der Waals surface area contributed by atoms with Crippen molar-refractivity contribution in [3.05, 3.63) is 52.5 Å². The second-order valence-electron chi connectivity index (χ2n) is 5.07. The van der Waals surface area contributed by atoms with Gasteiger partial charge in [0.15, 0.2) is 6.29 Å². The summed E-state index contributed by atoms with van der Waals surface area (Å²) in [6.45, 7) is 7.54. The second kappa shape index (κ2) is 9.06. The molecule has 0 aliphatic heterocycles. The van der Waals surface area contributed by atoms with Gasteiger partial charge in [-0.3, -0.25) is 0 Å². The van der Waals surface area contributed by atoms with E-state index in [0.717, 1.165) is 15.8 Å². The van der Waals surface area contributed by atoms with Crippen LogP contribution in [0, 0.1) is 6.92 Å². The average Bonchev–Trinajstić information content (AvgIpc) is 2.57. The molecule has 0 saturated heterocycles. The number of rotatable bonds is 8. The Kier molecular flexibility index (Phi) is 7.09. The number of hydrogen-bond donors (Lipinski definition) is 0. The lowest BCUT2D eigenvalue weighted by Crippen LogP contribution is -2.25. The van der Waals surface area contributed by atoms with Crippen molar-refractivity contribution < 1.29 is 14.2 Å². The van der Waals surface area contributed by atoms with Crippen molar-refractivity contribution in [1.82, 2.24) is 0 Å². The molecule has 0 atom stereocenters. The third-order valence-electron chi connectivity index (χ3n) is 3.52. The highest BCUT2D eigenvalue weighted by atomic mass is 79.9. The Morgan fingerprint density at radius 3 is 2.22 bits per heavy atom. The minimum absolute atomic E-state index is 0.342. The highest BCUT2D eigenvalue weighted by Gasteiger charge is 2.13. The molecule has 2 aromatic rings. The van der Waals surface area contributed by atoms with Gasteiger partial charge in [0.25, 0.3) is 0 Å². The Balaban J connectivity index is 2.14. The van der Waals surface area contributed by atoms with E-state index < -0.39 is 0 Å². The normalized spacial score (nSPS) is 11.0. The van der Waals surface area contributed by atoms with Gasteiger partial charge in [-0.2, -0.15) is 0 Å². The van der Waals surface area contributed by atoms with E-state index in [1.165, 1.54) is 11.1 Å². The minimum atomic E-state index is -0.342. The van der Waals surface area contributed by atoms with Crippen LogP contribution in [0.4, 0.5) is 0 Å². The fourth-order valence-electron chi connectivity index (χ4n) is 2.38. The van der Waals surface area contributed by atoms with Gasteiger partial charge in [-0.05, 0) is 59.5 Å². The molecule has 0 bridgehead atoms. The first-order valence-electron chi connectivity index (χ1n) is 7.87. The molecule has 124 valence electrons. The first kappa shape index (κ1) is 18.0. The van der Waals surface area contributed by atoms with Crippen LogP contribution in [0.25, 0.3) is 11.1 Å². The van der Waals surface area contributed by atoms with Gasteiger partial charge < -0.3 is 14.2 Å². The summed E-state index contributed by atoms with van der Waals surface area (Å²) in [6.07, 6.45) is -0.342. The van der Waals surface area contributed by atoms with Crippen molar-refractivity contribution in [3.8, 4) is 16.9 Å². The maximum Gasteiger partial charge on any atom is 0.191 e. The predicted octanol–water partition coefficient (Wildman–Crippen LogP) is 5.20. The van der Waals surface area contributed by atoms with E-state index in [1.54, 1.807) is 0 Å². The molecule has 0 radical (unpaired) electrons. The largest absolute Gasteiger partial charge is 0.487 e. The molecule has 3 nitrogen and oxygen atoms in total. The number of benzene rings is 2. The zero-order valence-electron chi connectivity index (χ0n) is 13.8. The highest BCUT2D eigenvalue weighted by Crippen LogP contribution is 2.35. The molecule has 0 heterocycles. The SMILES string of the molecule is CCOC(COc1ccc(-c2ccccc2)c(C)c1Br)OCC.